The first-order valence-corrected chi connectivity index (χ1v) is 11.6. The van der Waals surface area contributed by atoms with Gasteiger partial charge < -0.3 is 14.4 Å². The van der Waals surface area contributed by atoms with E-state index in [-0.39, 0.29) is 23.7 Å². The second-order valence-corrected chi connectivity index (χ2v) is 8.72. The van der Waals surface area contributed by atoms with Gasteiger partial charge in [0.2, 0.25) is 5.17 Å². The molecule has 2 aromatic carbocycles. The number of morpholine rings is 1. The standard InChI is InChI=1S/C23H20N6O5S/c24-20-19(21(30)25-22-28(20)26-23(35-22)27-9-11-33-12-10-27)13-15-3-7-18(8-4-15)34-14-16-1-5-17(6-2-16)29(31)32/h1-8,13,24H,9-12,14H2/b19-13-,24-20?. The Morgan fingerprint density at radius 3 is 2.51 bits per heavy atom. The van der Waals surface area contributed by atoms with Crippen LogP contribution in [0, 0.1) is 15.5 Å². The van der Waals surface area contributed by atoms with E-state index in [1.165, 1.54) is 28.9 Å². The van der Waals surface area contributed by atoms with Gasteiger partial charge in [-0.3, -0.25) is 20.3 Å². The van der Waals surface area contributed by atoms with Crippen molar-refractivity contribution in [1.29, 1.82) is 5.41 Å². The molecule has 12 heteroatoms. The number of nitrogens with one attached hydrogen (secondary N) is 1. The second-order valence-electron chi connectivity index (χ2n) is 7.78. The number of amidine groups is 3. The molecule has 2 aromatic rings. The van der Waals surface area contributed by atoms with Crippen LogP contribution in [-0.4, -0.2) is 63.2 Å². The van der Waals surface area contributed by atoms with Gasteiger partial charge in [-0.2, -0.15) is 10.0 Å². The van der Waals surface area contributed by atoms with Gasteiger partial charge in [0, 0.05) is 25.2 Å². The monoisotopic (exact) mass is 492 g/mol. The smallest absolute Gasteiger partial charge is 0.283 e. The average molecular weight is 493 g/mol. The van der Waals surface area contributed by atoms with Gasteiger partial charge in [-0.25, -0.2) is 0 Å². The number of hydrogen-bond donors (Lipinski definition) is 1. The van der Waals surface area contributed by atoms with Crippen LogP contribution < -0.4 is 4.74 Å². The van der Waals surface area contributed by atoms with Gasteiger partial charge in [-0.15, -0.1) is 5.10 Å². The Hall–Kier alpha value is -4.03. The third-order valence-corrected chi connectivity index (χ3v) is 6.44. The van der Waals surface area contributed by atoms with E-state index < -0.39 is 10.8 Å². The Bertz CT molecular complexity index is 1270. The van der Waals surface area contributed by atoms with Crippen molar-refractivity contribution in [3.05, 3.63) is 75.3 Å². The van der Waals surface area contributed by atoms with Crippen molar-refractivity contribution in [2.75, 3.05) is 26.3 Å². The van der Waals surface area contributed by atoms with Crippen LogP contribution in [0.1, 0.15) is 11.1 Å². The van der Waals surface area contributed by atoms with Crippen molar-refractivity contribution in [2.24, 2.45) is 10.1 Å². The van der Waals surface area contributed by atoms with Gasteiger partial charge in [0.25, 0.3) is 11.6 Å². The Labute approximate surface area is 204 Å². The van der Waals surface area contributed by atoms with Crippen LogP contribution >= 0.6 is 11.8 Å². The Balaban J connectivity index is 1.25. The highest BCUT2D eigenvalue weighted by molar-refractivity contribution is 8.26. The van der Waals surface area contributed by atoms with Crippen molar-refractivity contribution in [3.63, 3.8) is 0 Å². The van der Waals surface area contributed by atoms with Gasteiger partial charge in [0.15, 0.2) is 11.0 Å². The molecule has 0 aromatic heterocycles. The number of nitro benzene ring substituents is 1. The minimum atomic E-state index is -0.481. The number of hydrogen-bond acceptors (Lipinski definition) is 9. The highest BCUT2D eigenvalue weighted by Crippen LogP contribution is 2.30. The molecule has 3 aliphatic heterocycles. The predicted octanol–water partition coefficient (Wildman–Crippen LogP) is 3.08. The molecule has 3 aliphatic rings. The first-order chi connectivity index (χ1) is 17.0. The molecule has 0 radical (unpaired) electrons. The molecule has 35 heavy (non-hydrogen) atoms. The number of fused-ring (bicyclic) bond motifs is 1. The number of aliphatic imine (C=N–C) groups is 1. The zero-order chi connectivity index (χ0) is 24.4. The van der Waals surface area contributed by atoms with E-state index in [2.05, 4.69) is 15.0 Å². The van der Waals surface area contributed by atoms with Crippen LogP contribution in [0.3, 0.4) is 0 Å². The summed E-state index contributed by atoms with van der Waals surface area (Å²) in [4.78, 5) is 29.1. The summed E-state index contributed by atoms with van der Waals surface area (Å²) in [6.07, 6.45) is 1.61. The molecule has 0 aliphatic carbocycles. The molecule has 0 unspecified atom stereocenters. The molecule has 0 saturated carbocycles. The van der Waals surface area contributed by atoms with Crippen molar-refractivity contribution in [2.45, 2.75) is 6.61 Å². The van der Waals surface area contributed by atoms with Crippen LogP contribution in [0.5, 0.6) is 5.75 Å². The highest BCUT2D eigenvalue weighted by Gasteiger charge is 2.37. The van der Waals surface area contributed by atoms with Crippen molar-refractivity contribution >= 4 is 45.6 Å². The molecule has 0 spiro atoms. The lowest BCUT2D eigenvalue weighted by molar-refractivity contribution is -0.384. The van der Waals surface area contributed by atoms with E-state index in [1.54, 1.807) is 42.5 Å². The lowest BCUT2D eigenvalue weighted by Gasteiger charge is -2.26. The van der Waals surface area contributed by atoms with E-state index in [4.69, 9.17) is 14.9 Å². The first-order valence-electron chi connectivity index (χ1n) is 10.8. The maximum atomic E-state index is 12.6. The minimum absolute atomic E-state index is 0.0192. The van der Waals surface area contributed by atoms with Crippen molar-refractivity contribution < 1.29 is 19.2 Å². The topological polar surface area (TPSA) is 134 Å². The van der Waals surface area contributed by atoms with E-state index >= 15 is 0 Å². The molecular weight excluding hydrogens is 472 g/mol. The van der Waals surface area contributed by atoms with E-state index in [0.29, 0.717) is 48.0 Å². The van der Waals surface area contributed by atoms with Crippen LogP contribution in [-0.2, 0) is 16.1 Å². The quantitative estimate of drug-likeness (QED) is 0.382. The fourth-order valence-corrected chi connectivity index (χ4v) is 4.52. The van der Waals surface area contributed by atoms with E-state index in [1.807, 2.05) is 0 Å². The molecule has 3 heterocycles. The summed E-state index contributed by atoms with van der Waals surface area (Å²) < 4.78 is 11.1. The number of carbonyl (C=O) groups excluding carboxylic acids is 1. The number of ether oxygens (including phenoxy) is 2. The van der Waals surface area contributed by atoms with Crippen molar-refractivity contribution in [3.8, 4) is 5.75 Å². The number of nitrogens with zero attached hydrogens (tertiary/aromatic N) is 5. The fourth-order valence-electron chi connectivity index (χ4n) is 3.57. The van der Waals surface area contributed by atoms with Crippen LogP contribution in [0.15, 0.2) is 64.2 Å². The molecule has 1 saturated heterocycles. The zero-order valence-corrected chi connectivity index (χ0v) is 19.2. The van der Waals surface area contributed by atoms with Gasteiger partial charge >= 0.3 is 0 Å². The molecular formula is C23H20N6O5S. The van der Waals surface area contributed by atoms with Crippen LogP contribution in [0.4, 0.5) is 5.69 Å². The Morgan fingerprint density at radius 2 is 1.83 bits per heavy atom. The van der Waals surface area contributed by atoms with Gasteiger partial charge in [-0.1, -0.05) is 12.1 Å². The molecule has 1 amide bonds. The number of amides is 1. The van der Waals surface area contributed by atoms with Crippen LogP contribution in [0.2, 0.25) is 0 Å². The lowest BCUT2D eigenvalue weighted by Crippen LogP contribution is -2.39. The number of non-ortho nitro benzene ring substituents is 1. The number of carbonyl (C=O) groups is 1. The summed E-state index contributed by atoms with van der Waals surface area (Å²) in [7, 11) is 0. The average Bonchev–Trinajstić information content (AvgIpc) is 3.31. The normalized spacial score (nSPS) is 18.9. The third kappa shape index (κ3) is 4.93. The summed E-state index contributed by atoms with van der Waals surface area (Å²) in [5.41, 5.74) is 1.70. The minimum Gasteiger partial charge on any atom is -0.489 e. The summed E-state index contributed by atoms with van der Waals surface area (Å²) in [5, 5.41) is 26.3. The molecule has 1 N–H and O–H groups in total. The first kappa shape index (κ1) is 22.7. The number of rotatable bonds is 5. The Kier molecular flexibility index (Phi) is 6.29. The summed E-state index contributed by atoms with van der Waals surface area (Å²) >= 11 is 1.28. The zero-order valence-electron chi connectivity index (χ0n) is 18.4. The molecule has 5 rings (SSSR count). The van der Waals surface area contributed by atoms with E-state index in [0.717, 1.165) is 5.56 Å². The summed E-state index contributed by atoms with van der Waals surface area (Å²) in [6.45, 7) is 2.89. The second kappa shape index (κ2) is 9.68. The van der Waals surface area contributed by atoms with Gasteiger partial charge in [-0.05, 0) is 53.2 Å². The lowest BCUT2D eigenvalue weighted by atomic mass is 10.1. The molecule has 0 bridgehead atoms. The maximum absolute atomic E-state index is 12.6. The molecule has 11 nitrogen and oxygen atoms in total. The number of nitro groups is 1. The van der Waals surface area contributed by atoms with E-state index in [9.17, 15) is 14.9 Å². The Morgan fingerprint density at radius 1 is 1.11 bits per heavy atom. The summed E-state index contributed by atoms with van der Waals surface area (Å²) in [6, 6.07) is 13.2. The largest absolute Gasteiger partial charge is 0.489 e. The third-order valence-electron chi connectivity index (χ3n) is 5.47. The number of hydrazone groups is 1. The van der Waals surface area contributed by atoms with Crippen molar-refractivity contribution in [1.82, 2.24) is 9.91 Å². The number of thioether (sulfide) groups is 1. The maximum Gasteiger partial charge on any atom is 0.283 e. The fraction of sp³-hybridized carbons (Fsp3) is 0.217. The predicted molar refractivity (Wildman–Crippen MR) is 131 cm³/mol. The van der Waals surface area contributed by atoms with Crippen LogP contribution in [0.25, 0.3) is 6.08 Å². The van der Waals surface area contributed by atoms with Gasteiger partial charge in [0.1, 0.15) is 12.4 Å². The SMILES string of the molecule is N=C1/C(=C/c2ccc(OCc3ccc([N+](=O)[O-])cc3)cc2)C(=O)N=C2SC(N3CCOCC3)=NN12. The van der Waals surface area contributed by atoms with Gasteiger partial charge in [0.05, 0.1) is 23.7 Å². The highest BCUT2D eigenvalue weighted by atomic mass is 32.2. The molecule has 0 atom stereocenters. The summed E-state index contributed by atoms with van der Waals surface area (Å²) in [5.74, 6) is 0.103. The molecule has 178 valence electrons. The molecule has 1 fully saturated rings. The number of benzene rings is 2.